The van der Waals surface area contributed by atoms with Gasteiger partial charge < -0.3 is 15.2 Å². The number of nitrogens with one attached hydrogen (secondary N) is 2. The Bertz CT molecular complexity index is 1410. The predicted molar refractivity (Wildman–Crippen MR) is 145 cm³/mol. The van der Waals surface area contributed by atoms with E-state index in [9.17, 15) is 14.0 Å². The highest BCUT2D eigenvalue weighted by molar-refractivity contribution is 6.04. The molecule has 1 saturated heterocycles. The number of carbonyl (C=O) groups excluding carboxylic acids is 2. The van der Waals surface area contributed by atoms with Gasteiger partial charge in [0.15, 0.2) is 0 Å². The number of likely N-dealkylation sites (tertiary alicyclic amines) is 1. The van der Waals surface area contributed by atoms with Crippen LogP contribution in [-0.2, 0) is 17.8 Å². The topological polar surface area (TPSA) is 100 Å². The number of carbonyl (C=O) groups is 2. The highest BCUT2D eigenvalue weighted by atomic mass is 19.1. The van der Waals surface area contributed by atoms with Gasteiger partial charge in [-0.3, -0.25) is 14.5 Å². The van der Waals surface area contributed by atoms with Crippen molar-refractivity contribution in [2.45, 2.75) is 25.8 Å². The fraction of sp³-hybridized carbons (Fsp3) is 0.267. The molecule has 2 heterocycles. The second-order valence-electron chi connectivity index (χ2n) is 9.62. The standard InChI is InChI=1S/C30H30FN5O3/c31-24-14-12-22(13-15-24)28-34-27(39-35-28)20-36-18-6-9-23(19-36)29(37)33-26-11-5-4-10-25(26)30(38)32-17-16-21-7-2-1-3-8-21/h1-5,7-8,10-15,23H,6,9,16-20H2,(H,32,38)(H,33,37). The normalized spacial score (nSPS) is 15.6. The van der Waals surface area contributed by atoms with E-state index < -0.39 is 0 Å². The van der Waals surface area contributed by atoms with E-state index in [0.717, 1.165) is 31.4 Å². The molecule has 0 radical (unpaired) electrons. The number of benzene rings is 3. The van der Waals surface area contributed by atoms with Crippen molar-refractivity contribution in [3.05, 3.63) is 102 Å². The number of nitrogens with zero attached hydrogens (tertiary/aromatic N) is 3. The summed E-state index contributed by atoms with van der Waals surface area (Å²) in [6.07, 6.45) is 2.32. The highest BCUT2D eigenvalue weighted by Crippen LogP contribution is 2.23. The quantitative estimate of drug-likeness (QED) is 0.327. The molecule has 4 aromatic rings. The first-order valence-corrected chi connectivity index (χ1v) is 13.1. The van der Waals surface area contributed by atoms with E-state index in [-0.39, 0.29) is 23.5 Å². The zero-order valence-corrected chi connectivity index (χ0v) is 21.5. The van der Waals surface area contributed by atoms with Crippen molar-refractivity contribution < 1.29 is 18.5 Å². The summed E-state index contributed by atoms with van der Waals surface area (Å²) in [5.74, 6) is -0.0797. The van der Waals surface area contributed by atoms with Crippen LogP contribution in [0.1, 0.15) is 34.7 Å². The number of piperidine rings is 1. The lowest BCUT2D eigenvalue weighted by atomic mass is 9.96. The summed E-state index contributed by atoms with van der Waals surface area (Å²) in [6.45, 7) is 2.25. The van der Waals surface area contributed by atoms with Crippen LogP contribution in [0.4, 0.5) is 10.1 Å². The van der Waals surface area contributed by atoms with Gasteiger partial charge in [0.1, 0.15) is 5.82 Å². The summed E-state index contributed by atoms with van der Waals surface area (Å²) in [6, 6.07) is 22.9. The lowest BCUT2D eigenvalue weighted by Gasteiger charge is -2.31. The number of rotatable bonds is 9. The number of hydrogen-bond acceptors (Lipinski definition) is 6. The number of amides is 2. The van der Waals surface area contributed by atoms with E-state index in [1.807, 2.05) is 30.3 Å². The molecule has 2 amide bonds. The first-order valence-electron chi connectivity index (χ1n) is 13.1. The molecular weight excluding hydrogens is 497 g/mol. The molecule has 3 aromatic carbocycles. The van der Waals surface area contributed by atoms with E-state index in [1.54, 1.807) is 36.4 Å². The van der Waals surface area contributed by atoms with Crippen LogP contribution in [0.3, 0.4) is 0 Å². The van der Waals surface area contributed by atoms with Crippen LogP contribution in [0.25, 0.3) is 11.4 Å². The van der Waals surface area contributed by atoms with Gasteiger partial charge in [0.25, 0.3) is 5.91 Å². The third-order valence-electron chi connectivity index (χ3n) is 6.78. The molecule has 1 unspecified atom stereocenters. The minimum absolute atomic E-state index is 0.123. The van der Waals surface area contributed by atoms with Crippen LogP contribution < -0.4 is 10.6 Å². The molecule has 2 N–H and O–H groups in total. The average Bonchev–Trinajstić information content (AvgIpc) is 3.42. The van der Waals surface area contributed by atoms with E-state index in [1.165, 1.54) is 12.1 Å². The van der Waals surface area contributed by atoms with Crippen molar-refractivity contribution in [1.29, 1.82) is 0 Å². The molecule has 1 atom stereocenters. The molecule has 39 heavy (non-hydrogen) atoms. The van der Waals surface area contributed by atoms with Gasteiger partial charge in [-0.1, -0.05) is 47.6 Å². The SMILES string of the molecule is O=C(NCCc1ccccc1)c1ccccc1NC(=O)C1CCCN(Cc2nc(-c3ccc(F)cc3)no2)C1. The highest BCUT2D eigenvalue weighted by Gasteiger charge is 2.28. The molecule has 0 aliphatic carbocycles. The van der Waals surface area contributed by atoms with E-state index in [2.05, 4.69) is 25.7 Å². The van der Waals surface area contributed by atoms with Crippen molar-refractivity contribution in [1.82, 2.24) is 20.4 Å². The third kappa shape index (κ3) is 6.94. The van der Waals surface area contributed by atoms with E-state index in [4.69, 9.17) is 4.52 Å². The molecule has 0 saturated carbocycles. The molecule has 0 spiro atoms. The second kappa shape index (κ2) is 12.4. The van der Waals surface area contributed by atoms with Crippen molar-refractivity contribution >= 4 is 17.5 Å². The Hall–Kier alpha value is -4.37. The minimum atomic E-state index is -0.327. The molecule has 5 rings (SSSR count). The number of hydrogen-bond donors (Lipinski definition) is 2. The average molecular weight is 528 g/mol. The summed E-state index contributed by atoms with van der Waals surface area (Å²) in [5, 5.41) is 9.93. The van der Waals surface area contributed by atoms with Gasteiger partial charge in [-0.05, 0) is 67.8 Å². The van der Waals surface area contributed by atoms with Crippen molar-refractivity contribution in [3.8, 4) is 11.4 Å². The molecule has 1 aliphatic rings. The van der Waals surface area contributed by atoms with Crippen LogP contribution in [0.2, 0.25) is 0 Å². The van der Waals surface area contributed by atoms with Gasteiger partial charge in [-0.25, -0.2) is 4.39 Å². The Labute approximate surface area is 226 Å². The maximum absolute atomic E-state index is 13.2. The number of halogens is 1. The van der Waals surface area contributed by atoms with Crippen LogP contribution in [0, 0.1) is 11.7 Å². The van der Waals surface area contributed by atoms with Crippen molar-refractivity contribution in [2.24, 2.45) is 5.92 Å². The minimum Gasteiger partial charge on any atom is -0.352 e. The first-order chi connectivity index (χ1) is 19.0. The summed E-state index contributed by atoms with van der Waals surface area (Å²) < 4.78 is 18.6. The largest absolute Gasteiger partial charge is 0.352 e. The van der Waals surface area contributed by atoms with Gasteiger partial charge in [-0.15, -0.1) is 0 Å². The Balaban J connectivity index is 1.16. The van der Waals surface area contributed by atoms with Gasteiger partial charge in [0.2, 0.25) is 17.6 Å². The van der Waals surface area contributed by atoms with Gasteiger partial charge >= 0.3 is 0 Å². The van der Waals surface area contributed by atoms with Crippen LogP contribution in [0.5, 0.6) is 0 Å². The first kappa shape index (κ1) is 26.2. The van der Waals surface area contributed by atoms with Crippen molar-refractivity contribution in [2.75, 3.05) is 25.0 Å². The van der Waals surface area contributed by atoms with Crippen LogP contribution >= 0.6 is 0 Å². The predicted octanol–water partition coefficient (Wildman–Crippen LogP) is 4.70. The van der Waals surface area contributed by atoms with E-state index in [0.29, 0.717) is 48.2 Å². The summed E-state index contributed by atoms with van der Waals surface area (Å²) in [7, 11) is 0. The molecular formula is C30H30FN5O3. The molecule has 0 bridgehead atoms. The van der Waals surface area contributed by atoms with Crippen molar-refractivity contribution in [3.63, 3.8) is 0 Å². The third-order valence-corrected chi connectivity index (χ3v) is 6.78. The maximum atomic E-state index is 13.2. The zero-order chi connectivity index (χ0) is 27.0. The molecule has 200 valence electrons. The zero-order valence-electron chi connectivity index (χ0n) is 21.5. The lowest BCUT2D eigenvalue weighted by molar-refractivity contribution is -0.121. The lowest BCUT2D eigenvalue weighted by Crippen LogP contribution is -2.40. The molecule has 9 heteroatoms. The van der Waals surface area contributed by atoms with Gasteiger partial charge in [0.05, 0.1) is 23.7 Å². The maximum Gasteiger partial charge on any atom is 0.253 e. The molecule has 1 aromatic heterocycles. The summed E-state index contributed by atoms with van der Waals surface area (Å²) in [5.41, 5.74) is 2.75. The monoisotopic (exact) mass is 527 g/mol. The summed E-state index contributed by atoms with van der Waals surface area (Å²) >= 11 is 0. The summed E-state index contributed by atoms with van der Waals surface area (Å²) in [4.78, 5) is 32.6. The second-order valence-corrected chi connectivity index (χ2v) is 9.62. The number of anilines is 1. The Morgan fingerprint density at radius 2 is 1.77 bits per heavy atom. The Kier molecular flexibility index (Phi) is 8.38. The number of para-hydroxylation sites is 1. The Morgan fingerprint density at radius 3 is 2.59 bits per heavy atom. The molecule has 1 aliphatic heterocycles. The van der Waals surface area contributed by atoms with Gasteiger partial charge in [-0.2, -0.15) is 4.98 Å². The van der Waals surface area contributed by atoms with Crippen LogP contribution in [0.15, 0.2) is 83.4 Å². The number of aromatic nitrogens is 2. The van der Waals surface area contributed by atoms with Crippen LogP contribution in [-0.4, -0.2) is 46.5 Å². The Morgan fingerprint density at radius 1 is 1.00 bits per heavy atom. The molecule has 8 nitrogen and oxygen atoms in total. The fourth-order valence-electron chi connectivity index (χ4n) is 4.72. The fourth-order valence-corrected chi connectivity index (χ4v) is 4.72. The smallest absolute Gasteiger partial charge is 0.253 e. The van der Waals surface area contributed by atoms with Gasteiger partial charge in [0, 0.05) is 18.7 Å². The molecule has 1 fully saturated rings. The van der Waals surface area contributed by atoms with E-state index >= 15 is 0 Å².